The molecule has 146 valence electrons. The van der Waals surface area contributed by atoms with Crippen molar-refractivity contribution in [2.75, 3.05) is 5.32 Å². The monoisotopic (exact) mass is 380 g/mol. The zero-order chi connectivity index (χ0) is 19.5. The van der Waals surface area contributed by atoms with Gasteiger partial charge in [0.05, 0.1) is 11.6 Å². The van der Waals surface area contributed by atoms with Crippen LogP contribution in [0.4, 0.5) is 5.69 Å². The average molecular weight is 380 g/mol. The summed E-state index contributed by atoms with van der Waals surface area (Å²) in [6.45, 7) is 0. The van der Waals surface area contributed by atoms with Crippen molar-refractivity contribution in [1.82, 2.24) is 21.2 Å². The number of amides is 1. The smallest absolute Gasteiger partial charge is 0.270 e. The van der Waals surface area contributed by atoms with Crippen LogP contribution in [0.5, 0.6) is 0 Å². The van der Waals surface area contributed by atoms with Gasteiger partial charge in [-0.3, -0.25) is 20.6 Å². The van der Waals surface area contributed by atoms with E-state index in [1.807, 2.05) is 30.3 Å². The quantitative estimate of drug-likeness (QED) is 0.456. The zero-order valence-corrected chi connectivity index (χ0v) is 15.4. The fourth-order valence-electron chi connectivity index (χ4n) is 3.55. The van der Waals surface area contributed by atoms with E-state index in [1.54, 1.807) is 6.20 Å². The molecule has 9 heteroatoms. The van der Waals surface area contributed by atoms with Gasteiger partial charge in [-0.1, -0.05) is 18.9 Å². The predicted octanol–water partition coefficient (Wildman–Crippen LogP) is 0.624. The zero-order valence-electron chi connectivity index (χ0n) is 15.4. The van der Waals surface area contributed by atoms with Crippen molar-refractivity contribution < 1.29 is 4.79 Å². The Kier molecular flexibility index (Phi) is 4.98. The number of primary amides is 1. The third-order valence-corrected chi connectivity index (χ3v) is 5.03. The number of aromatic nitrogens is 1. The maximum absolute atomic E-state index is 11.9. The minimum Gasteiger partial charge on any atom is -0.364 e. The lowest BCUT2D eigenvalue weighted by molar-refractivity contribution is -0.115. The molecule has 0 unspecified atom stereocenters. The van der Waals surface area contributed by atoms with Gasteiger partial charge in [-0.15, -0.1) is 0 Å². The Morgan fingerprint density at radius 2 is 2.04 bits per heavy atom. The molecule has 2 aliphatic rings. The Hall–Kier alpha value is -3.33. The highest BCUT2D eigenvalue weighted by Gasteiger charge is 2.25. The summed E-state index contributed by atoms with van der Waals surface area (Å²) in [4.78, 5) is 20.9. The molecule has 1 aliphatic heterocycles. The van der Waals surface area contributed by atoms with Crippen LogP contribution in [0, 0.1) is 0 Å². The number of rotatable bonds is 4. The molecule has 0 spiro atoms. The van der Waals surface area contributed by atoms with Crippen LogP contribution in [0.25, 0.3) is 10.9 Å². The number of hydrogen-bond donors (Lipinski definition) is 6. The molecule has 1 amide bonds. The first-order chi connectivity index (χ1) is 13.6. The molecule has 1 aromatic heterocycles. The molecule has 2 aromatic rings. The molecule has 1 fully saturated rings. The summed E-state index contributed by atoms with van der Waals surface area (Å²) >= 11 is 0. The number of anilines is 1. The van der Waals surface area contributed by atoms with Gasteiger partial charge in [0, 0.05) is 23.3 Å². The molecule has 0 radical (unpaired) electrons. The number of carbonyl (C=O) groups is 1. The number of guanidine groups is 1. The van der Waals surface area contributed by atoms with Crippen molar-refractivity contribution >= 4 is 28.5 Å². The Bertz CT molecular complexity index is 949. The summed E-state index contributed by atoms with van der Waals surface area (Å²) in [5.41, 5.74) is 19.3. The van der Waals surface area contributed by atoms with Crippen molar-refractivity contribution in [3.8, 4) is 0 Å². The number of pyridine rings is 1. The predicted molar refractivity (Wildman–Crippen MR) is 109 cm³/mol. The third-order valence-electron chi connectivity index (χ3n) is 5.03. The lowest BCUT2D eigenvalue weighted by atomic mass is 9.91. The molecule has 28 heavy (non-hydrogen) atoms. The number of hydrazine groups is 1. The first-order valence-corrected chi connectivity index (χ1v) is 9.39. The minimum absolute atomic E-state index is 0.0312. The highest BCUT2D eigenvalue weighted by molar-refractivity contribution is 5.98. The number of nitrogens with zero attached hydrogens (tertiary/aromatic N) is 2. The van der Waals surface area contributed by atoms with Crippen LogP contribution >= 0.6 is 0 Å². The maximum Gasteiger partial charge on any atom is 0.270 e. The van der Waals surface area contributed by atoms with Gasteiger partial charge in [-0.25, -0.2) is 4.99 Å². The second-order valence-corrected chi connectivity index (χ2v) is 6.98. The van der Waals surface area contributed by atoms with Crippen molar-refractivity contribution in [3.05, 3.63) is 48.0 Å². The highest BCUT2D eigenvalue weighted by Crippen LogP contribution is 2.23. The number of carbonyl (C=O) groups excluding carboxylic acids is 1. The second-order valence-electron chi connectivity index (χ2n) is 6.98. The maximum atomic E-state index is 11.9. The van der Waals surface area contributed by atoms with Gasteiger partial charge in [-0.05, 0) is 37.1 Å². The normalized spacial score (nSPS) is 23.7. The van der Waals surface area contributed by atoms with E-state index in [2.05, 4.69) is 26.5 Å². The molecule has 9 nitrogen and oxygen atoms in total. The Morgan fingerprint density at radius 3 is 2.86 bits per heavy atom. The minimum atomic E-state index is -0.603. The van der Waals surface area contributed by atoms with Gasteiger partial charge < -0.3 is 22.1 Å². The van der Waals surface area contributed by atoms with E-state index in [-0.39, 0.29) is 17.8 Å². The molecule has 1 aromatic carbocycles. The third kappa shape index (κ3) is 3.70. The van der Waals surface area contributed by atoms with E-state index < -0.39 is 5.91 Å². The lowest BCUT2D eigenvalue weighted by Gasteiger charge is -2.29. The number of aliphatic imine (C=N–C) groups is 1. The second kappa shape index (κ2) is 7.73. The fraction of sp³-hybridized carbons (Fsp3) is 0.316. The SMILES string of the molecule is NC(=O)C1=C(Nc2cccc3ncccc23)NC(=N[C@@H]2CCCC[C@@H]2N)NN1. The van der Waals surface area contributed by atoms with Crippen molar-refractivity contribution in [2.24, 2.45) is 16.5 Å². The first kappa shape index (κ1) is 18.1. The van der Waals surface area contributed by atoms with Gasteiger partial charge in [0.1, 0.15) is 5.82 Å². The van der Waals surface area contributed by atoms with Crippen LogP contribution in [-0.2, 0) is 4.79 Å². The van der Waals surface area contributed by atoms with Crippen molar-refractivity contribution in [2.45, 2.75) is 37.8 Å². The topological polar surface area (TPSA) is 142 Å². The molecule has 8 N–H and O–H groups in total. The molecule has 2 atom stereocenters. The lowest BCUT2D eigenvalue weighted by Crippen LogP contribution is -2.55. The van der Waals surface area contributed by atoms with E-state index in [0.29, 0.717) is 11.8 Å². The summed E-state index contributed by atoms with van der Waals surface area (Å²) in [5.74, 6) is 0.313. The summed E-state index contributed by atoms with van der Waals surface area (Å²) in [7, 11) is 0. The number of hydrogen-bond acceptors (Lipinski definition) is 6. The van der Waals surface area contributed by atoms with Crippen molar-refractivity contribution in [1.29, 1.82) is 0 Å². The molecular weight excluding hydrogens is 356 g/mol. The fourth-order valence-corrected chi connectivity index (χ4v) is 3.55. The molecule has 1 saturated carbocycles. The molecular formula is C19H24N8O. The number of fused-ring (bicyclic) bond motifs is 1. The molecule has 1 aliphatic carbocycles. The van der Waals surface area contributed by atoms with Crippen LogP contribution in [0.2, 0.25) is 0 Å². The summed E-state index contributed by atoms with van der Waals surface area (Å²) < 4.78 is 0. The van der Waals surface area contributed by atoms with Gasteiger partial charge in [-0.2, -0.15) is 0 Å². The largest absolute Gasteiger partial charge is 0.364 e. The molecule has 0 bridgehead atoms. The Balaban J connectivity index is 1.63. The highest BCUT2D eigenvalue weighted by atomic mass is 16.1. The van der Waals surface area contributed by atoms with Gasteiger partial charge in [0.25, 0.3) is 5.91 Å². The average Bonchev–Trinajstić information content (AvgIpc) is 2.70. The van der Waals surface area contributed by atoms with Gasteiger partial charge in [0.15, 0.2) is 5.70 Å². The van der Waals surface area contributed by atoms with E-state index in [9.17, 15) is 4.79 Å². The van der Waals surface area contributed by atoms with E-state index in [1.165, 1.54) is 0 Å². The number of benzene rings is 1. The van der Waals surface area contributed by atoms with E-state index in [0.717, 1.165) is 42.3 Å². The van der Waals surface area contributed by atoms with Crippen LogP contribution < -0.4 is 33.0 Å². The Labute approximate surface area is 162 Å². The summed E-state index contributed by atoms with van der Waals surface area (Å²) in [6.07, 6.45) is 5.89. The number of nitrogens with one attached hydrogen (secondary N) is 4. The standard InChI is InChI=1S/C19H24N8O/c20-12-6-1-2-7-15(12)24-19-25-18(16(17(21)28)26-27-19)23-14-9-3-8-13-11(14)5-4-10-22-13/h3-5,8-10,12,15,23,26H,1-2,6-7,20H2,(H2,21,28)(H2,24,25,27)/t12-,15+/m0/s1. The van der Waals surface area contributed by atoms with Gasteiger partial charge >= 0.3 is 0 Å². The van der Waals surface area contributed by atoms with E-state index >= 15 is 0 Å². The Morgan fingerprint density at radius 1 is 1.18 bits per heavy atom. The first-order valence-electron chi connectivity index (χ1n) is 9.39. The van der Waals surface area contributed by atoms with Crippen molar-refractivity contribution in [3.63, 3.8) is 0 Å². The van der Waals surface area contributed by atoms with Gasteiger partial charge in [0.2, 0.25) is 5.96 Å². The molecule has 2 heterocycles. The molecule has 0 saturated heterocycles. The number of nitrogens with two attached hydrogens (primary N) is 2. The van der Waals surface area contributed by atoms with E-state index in [4.69, 9.17) is 16.5 Å². The van der Waals surface area contributed by atoms with Crippen LogP contribution in [0.1, 0.15) is 25.7 Å². The van der Waals surface area contributed by atoms with Crippen LogP contribution in [0.15, 0.2) is 53.0 Å². The van der Waals surface area contributed by atoms with Crippen LogP contribution in [-0.4, -0.2) is 28.9 Å². The summed E-state index contributed by atoms with van der Waals surface area (Å²) in [5, 5.41) is 7.31. The molecule has 4 rings (SSSR count). The van der Waals surface area contributed by atoms with Crippen LogP contribution in [0.3, 0.4) is 0 Å². The summed E-state index contributed by atoms with van der Waals surface area (Å²) in [6, 6.07) is 9.62.